The predicted octanol–water partition coefficient (Wildman–Crippen LogP) is 4.20. The third-order valence-corrected chi connectivity index (χ3v) is 11.6. The predicted molar refractivity (Wildman–Crippen MR) is 175 cm³/mol. The molecule has 18 heteroatoms. The van der Waals surface area contributed by atoms with Gasteiger partial charge in [0.15, 0.2) is 15.4 Å². The van der Waals surface area contributed by atoms with E-state index in [2.05, 4.69) is 15.9 Å². The minimum Gasteiger partial charge on any atom is -0.508 e. The highest BCUT2D eigenvalue weighted by Crippen LogP contribution is 2.66. The summed E-state index contributed by atoms with van der Waals surface area (Å²) in [5, 5.41) is 34.3. The summed E-state index contributed by atoms with van der Waals surface area (Å²) in [4.78, 5) is 77.1. The quantitative estimate of drug-likeness (QED) is 0.106. The van der Waals surface area contributed by atoms with Crippen LogP contribution >= 0.6 is 39.1 Å². The summed E-state index contributed by atoms with van der Waals surface area (Å²) in [6.45, 7) is 0. The number of carbonyl (C=O) groups is 4. The third kappa shape index (κ3) is 4.38. The highest BCUT2D eigenvalue weighted by atomic mass is 79.9. The summed E-state index contributed by atoms with van der Waals surface area (Å²) in [6, 6.07) is 6.00. The molecule has 2 heterocycles. The van der Waals surface area contributed by atoms with Gasteiger partial charge in [-0.2, -0.15) is 0 Å². The van der Waals surface area contributed by atoms with Crippen LogP contribution < -0.4 is 14.5 Å². The maximum absolute atomic E-state index is 14.4. The van der Waals surface area contributed by atoms with Crippen molar-refractivity contribution in [2.75, 3.05) is 36.5 Å². The zero-order valence-corrected chi connectivity index (χ0v) is 28.5. The maximum atomic E-state index is 14.4. The number of aromatic hydroxyl groups is 1. The van der Waals surface area contributed by atoms with Gasteiger partial charge in [0.2, 0.25) is 11.8 Å². The number of fused-ring (bicyclic) bond motifs is 4. The number of alkyl halides is 3. The molecule has 0 spiro atoms. The molecule has 6 atom stereocenters. The first-order valence-corrected chi connectivity index (χ1v) is 16.3. The molecule has 0 radical (unpaired) electrons. The van der Waals surface area contributed by atoms with Gasteiger partial charge in [0.1, 0.15) is 11.5 Å². The Kier molecular flexibility index (Phi) is 7.99. The Hall–Kier alpha value is -4.28. The van der Waals surface area contributed by atoms with E-state index in [9.17, 15) is 44.5 Å². The minimum atomic E-state index is -2.12. The van der Waals surface area contributed by atoms with Gasteiger partial charge < -0.3 is 14.7 Å². The molecule has 2 saturated heterocycles. The fourth-order valence-corrected chi connectivity index (χ4v) is 9.16. The van der Waals surface area contributed by atoms with Crippen LogP contribution in [0.2, 0.25) is 0 Å². The van der Waals surface area contributed by atoms with Gasteiger partial charge in [-0.05, 0) is 24.8 Å². The third-order valence-electron chi connectivity index (χ3n) is 9.70. The van der Waals surface area contributed by atoms with Crippen molar-refractivity contribution in [2.45, 2.75) is 28.5 Å². The molecule has 252 valence electrons. The van der Waals surface area contributed by atoms with E-state index in [1.54, 1.807) is 6.08 Å². The van der Waals surface area contributed by atoms with E-state index < -0.39 is 78.3 Å². The molecule has 2 aliphatic heterocycles. The van der Waals surface area contributed by atoms with Crippen LogP contribution in [0.25, 0.3) is 0 Å². The van der Waals surface area contributed by atoms with Crippen LogP contribution in [-0.4, -0.2) is 79.9 Å². The van der Waals surface area contributed by atoms with Crippen LogP contribution in [-0.2, 0) is 19.2 Å². The molecule has 6 rings (SSSR count). The summed E-state index contributed by atoms with van der Waals surface area (Å²) in [6.07, 6.45) is 1.32. The fourth-order valence-electron chi connectivity index (χ4n) is 7.75. The van der Waals surface area contributed by atoms with E-state index in [0.717, 1.165) is 17.0 Å². The van der Waals surface area contributed by atoms with Gasteiger partial charge in [-0.1, -0.05) is 33.6 Å². The van der Waals surface area contributed by atoms with Crippen molar-refractivity contribution < 1.29 is 38.9 Å². The number of allylic oxidation sites excluding steroid dienone is 2. The number of methoxy groups -OCH3 is 1. The maximum Gasteiger partial charge on any atom is 0.301 e. The number of hydrogen-bond donors (Lipinski definition) is 1. The molecule has 48 heavy (non-hydrogen) atoms. The lowest BCUT2D eigenvalue weighted by atomic mass is 9.56. The summed E-state index contributed by atoms with van der Waals surface area (Å²) in [5.74, 6) is -7.53. The van der Waals surface area contributed by atoms with Crippen molar-refractivity contribution in [3.8, 4) is 11.5 Å². The second-order valence-corrected chi connectivity index (χ2v) is 13.9. The Morgan fingerprint density at radius 2 is 1.65 bits per heavy atom. The lowest BCUT2D eigenvalue weighted by Gasteiger charge is -2.50. The number of amides is 4. The van der Waals surface area contributed by atoms with Crippen molar-refractivity contribution in [1.29, 1.82) is 0 Å². The SMILES string of the molecule is COc1cc(O)ccc1C1C2=CCC3C(=O)N(c4cc([N+](=O)[O-])c(N(C)C)c([N+](=O)[O-])c4)C(=O)C3C2CC2(Cl)C(=O)N(CBr)C(=O)C12Cl. The molecule has 1 N–H and O–H groups in total. The standard InChI is InChI=1S/C30H26BrCl2N5O10/c1-34(2)24-19(37(44)45)8-13(9-20(24)38(46)47)36-25(40)17-7-6-15-18(22(17)26(36)41)11-29(32)27(42)35(12-31)28(43)30(29,33)23(15)16-5-4-14(39)10-21(16)48-3/h4-6,8-10,17-18,22-23,39H,7,11-12H2,1-3H3. The van der Waals surface area contributed by atoms with Gasteiger partial charge in [0.05, 0.1) is 39.9 Å². The van der Waals surface area contributed by atoms with Crippen LogP contribution in [0.5, 0.6) is 11.5 Å². The number of imide groups is 2. The molecule has 2 aliphatic carbocycles. The van der Waals surface area contributed by atoms with Gasteiger partial charge in [0, 0.05) is 43.8 Å². The number of likely N-dealkylation sites (tertiary alicyclic amines) is 1. The number of nitro groups is 2. The first-order chi connectivity index (χ1) is 22.5. The minimum absolute atomic E-state index is 0.0268. The Bertz CT molecular complexity index is 1850. The molecule has 2 aromatic carbocycles. The van der Waals surface area contributed by atoms with Crippen molar-refractivity contribution in [1.82, 2.24) is 4.90 Å². The number of ether oxygens (including phenoxy) is 1. The van der Waals surface area contributed by atoms with Gasteiger partial charge >= 0.3 is 11.4 Å². The Morgan fingerprint density at radius 3 is 2.19 bits per heavy atom. The lowest BCUT2D eigenvalue weighted by Crippen LogP contribution is -2.60. The summed E-state index contributed by atoms with van der Waals surface area (Å²) < 4.78 is 5.54. The Morgan fingerprint density at radius 1 is 1.02 bits per heavy atom. The van der Waals surface area contributed by atoms with Crippen molar-refractivity contribution in [2.24, 2.45) is 17.8 Å². The van der Waals surface area contributed by atoms with Gasteiger partial charge in [-0.25, -0.2) is 4.90 Å². The van der Waals surface area contributed by atoms with E-state index in [1.165, 1.54) is 44.3 Å². The number of nitrogens with zero attached hydrogens (tertiary/aromatic N) is 5. The van der Waals surface area contributed by atoms with Gasteiger partial charge in [-0.15, -0.1) is 23.2 Å². The van der Waals surface area contributed by atoms with Crippen molar-refractivity contribution >= 4 is 85.5 Å². The number of anilines is 2. The number of nitro benzene ring substituents is 2. The lowest BCUT2D eigenvalue weighted by molar-refractivity contribution is -0.392. The van der Waals surface area contributed by atoms with E-state index >= 15 is 0 Å². The molecular formula is C30H26BrCl2N5O10. The molecule has 15 nitrogen and oxygen atoms in total. The van der Waals surface area contributed by atoms with Crippen LogP contribution in [0.15, 0.2) is 42.0 Å². The van der Waals surface area contributed by atoms with Gasteiger partial charge in [-0.3, -0.25) is 44.3 Å². The Labute approximate surface area is 290 Å². The number of halogens is 3. The monoisotopic (exact) mass is 765 g/mol. The highest BCUT2D eigenvalue weighted by molar-refractivity contribution is 9.09. The molecule has 6 unspecified atom stereocenters. The number of carbonyl (C=O) groups excluding carboxylic acids is 4. The molecule has 0 bridgehead atoms. The van der Waals surface area contributed by atoms with Crippen molar-refractivity contribution in [3.63, 3.8) is 0 Å². The molecular weight excluding hydrogens is 741 g/mol. The molecule has 0 aromatic heterocycles. The molecule has 1 saturated carbocycles. The first kappa shape index (κ1) is 33.6. The molecule has 4 aliphatic rings. The van der Waals surface area contributed by atoms with Gasteiger partial charge in [0.25, 0.3) is 11.8 Å². The molecule has 2 aromatic rings. The molecule has 4 amide bonds. The van der Waals surface area contributed by atoms with Crippen LogP contribution in [0.1, 0.15) is 24.3 Å². The number of hydrogen-bond acceptors (Lipinski definition) is 11. The summed E-state index contributed by atoms with van der Waals surface area (Å²) in [7, 11) is 4.11. The Balaban J connectivity index is 1.53. The second kappa shape index (κ2) is 11.4. The topological polar surface area (TPSA) is 194 Å². The first-order valence-electron chi connectivity index (χ1n) is 14.4. The van der Waals surface area contributed by atoms with E-state index in [-0.39, 0.29) is 41.2 Å². The van der Waals surface area contributed by atoms with E-state index in [4.69, 9.17) is 27.9 Å². The van der Waals surface area contributed by atoms with E-state index in [0.29, 0.717) is 16.0 Å². The van der Waals surface area contributed by atoms with Crippen molar-refractivity contribution in [3.05, 3.63) is 67.8 Å². The molecule has 3 fully saturated rings. The number of rotatable bonds is 7. The van der Waals surface area contributed by atoms with E-state index in [1.807, 2.05) is 0 Å². The average Bonchev–Trinajstić information content (AvgIpc) is 3.37. The zero-order chi connectivity index (χ0) is 35.2. The second-order valence-electron chi connectivity index (χ2n) is 12.2. The normalized spacial score (nSPS) is 29.3. The number of benzene rings is 2. The highest BCUT2D eigenvalue weighted by Gasteiger charge is 2.76. The number of phenolic OH excluding ortho intramolecular Hbond substituents is 1. The number of phenols is 1. The fraction of sp³-hybridized carbons (Fsp3) is 0.400. The summed E-state index contributed by atoms with van der Waals surface area (Å²) in [5.41, 5.74) is -1.56. The smallest absolute Gasteiger partial charge is 0.301 e. The van der Waals surface area contributed by atoms with Crippen LogP contribution in [0.3, 0.4) is 0 Å². The van der Waals surface area contributed by atoms with Crippen LogP contribution in [0.4, 0.5) is 22.7 Å². The summed E-state index contributed by atoms with van der Waals surface area (Å²) >= 11 is 17.6. The largest absolute Gasteiger partial charge is 0.508 e. The van der Waals surface area contributed by atoms with Crippen LogP contribution in [0, 0.1) is 38.0 Å². The average molecular weight is 767 g/mol. The zero-order valence-electron chi connectivity index (χ0n) is 25.4.